The third kappa shape index (κ3) is 2.83. The molecular weight excluding hydrogens is 284 g/mol. The van der Waals surface area contributed by atoms with Crippen LogP contribution in [0.15, 0.2) is 23.1 Å². The third-order valence-corrected chi connectivity index (χ3v) is 4.48. The van der Waals surface area contributed by atoms with Gasteiger partial charge in [-0.25, -0.2) is 9.48 Å². The van der Waals surface area contributed by atoms with Gasteiger partial charge in [0.25, 0.3) is 0 Å². The minimum absolute atomic E-state index is 0.331. The predicted octanol–water partition coefficient (Wildman–Crippen LogP) is 3.86. The largest absolute Gasteiger partial charge is 0.478 e. The highest BCUT2D eigenvalue weighted by Gasteiger charge is 2.20. The van der Waals surface area contributed by atoms with Crippen molar-refractivity contribution >= 4 is 17.7 Å². The summed E-state index contributed by atoms with van der Waals surface area (Å²) in [5.74, 6) is -0.0757. The molecule has 0 saturated heterocycles. The second kappa shape index (κ2) is 6.35. The van der Waals surface area contributed by atoms with Gasteiger partial charge in [-0.1, -0.05) is 19.9 Å². The fourth-order valence-electron chi connectivity index (χ4n) is 2.61. The molecule has 5 heteroatoms. The lowest BCUT2D eigenvalue weighted by atomic mass is 10.1. The number of aryl methyl sites for hydroxylation is 1. The van der Waals surface area contributed by atoms with Crippen LogP contribution in [0.1, 0.15) is 41.2 Å². The maximum Gasteiger partial charge on any atom is 0.339 e. The Morgan fingerprint density at radius 2 is 2.05 bits per heavy atom. The maximum absolute atomic E-state index is 11.7. The fraction of sp³-hybridized carbons (Fsp3) is 0.375. The van der Waals surface area contributed by atoms with E-state index in [-0.39, 0.29) is 0 Å². The number of aromatic nitrogens is 2. The van der Waals surface area contributed by atoms with Gasteiger partial charge in [0.2, 0.25) is 0 Å². The number of carboxylic acids is 1. The van der Waals surface area contributed by atoms with E-state index in [1.165, 1.54) is 17.3 Å². The first kappa shape index (κ1) is 15.6. The van der Waals surface area contributed by atoms with E-state index in [2.05, 4.69) is 12.0 Å². The monoisotopic (exact) mass is 304 g/mol. The Morgan fingerprint density at radius 1 is 1.33 bits per heavy atom. The first-order valence-corrected chi connectivity index (χ1v) is 8.04. The highest BCUT2D eigenvalue weighted by atomic mass is 32.2. The van der Waals surface area contributed by atoms with E-state index in [4.69, 9.17) is 0 Å². The minimum Gasteiger partial charge on any atom is -0.478 e. The SMILES string of the molecule is CCSc1cccc(-n2nc(C)c(CC)c2C)c1C(=O)O. The van der Waals surface area contributed by atoms with Gasteiger partial charge < -0.3 is 5.11 Å². The molecule has 2 aromatic rings. The molecule has 1 aromatic carbocycles. The first-order valence-electron chi connectivity index (χ1n) is 7.05. The van der Waals surface area contributed by atoms with Crippen LogP contribution in [0.4, 0.5) is 0 Å². The molecule has 0 spiro atoms. The van der Waals surface area contributed by atoms with Crippen LogP contribution in [-0.4, -0.2) is 26.6 Å². The molecule has 1 aromatic heterocycles. The highest BCUT2D eigenvalue weighted by molar-refractivity contribution is 7.99. The molecule has 1 N–H and O–H groups in total. The van der Waals surface area contributed by atoms with Crippen LogP contribution in [0.5, 0.6) is 0 Å². The van der Waals surface area contributed by atoms with Crippen molar-refractivity contribution in [1.82, 2.24) is 9.78 Å². The number of aromatic carboxylic acids is 1. The van der Waals surface area contributed by atoms with E-state index >= 15 is 0 Å². The summed E-state index contributed by atoms with van der Waals surface area (Å²) < 4.78 is 1.76. The van der Waals surface area contributed by atoms with Crippen LogP contribution in [0.25, 0.3) is 5.69 Å². The summed E-state index contributed by atoms with van der Waals surface area (Å²) in [7, 11) is 0. The second-order valence-electron chi connectivity index (χ2n) is 4.80. The minimum atomic E-state index is -0.910. The van der Waals surface area contributed by atoms with E-state index in [1.54, 1.807) is 4.68 Å². The Balaban J connectivity index is 2.69. The summed E-state index contributed by atoms with van der Waals surface area (Å²) in [4.78, 5) is 12.5. The van der Waals surface area contributed by atoms with E-state index < -0.39 is 5.97 Å². The molecule has 0 bridgehead atoms. The quantitative estimate of drug-likeness (QED) is 0.852. The van der Waals surface area contributed by atoms with Gasteiger partial charge >= 0.3 is 5.97 Å². The van der Waals surface area contributed by atoms with Gasteiger partial charge in [-0.15, -0.1) is 11.8 Å². The number of rotatable bonds is 5. The number of thioether (sulfide) groups is 1. The molecule has 0 fully saturated rings. The number of carboxylic acid groups (broad SMARTS) is 1. The zero-order valence-corrected chi connectivity index (χ0v) is 13.6. The van der Waals surface area contributed by atoms with Gasteiger partial charge in [-0.2, -0.15) is 5.10 Å². The number of nitrogens with zero attached hydrogens (tertiary/aromatic N) is 2. The molecule has 0 aliphatic carbocycles. The lowest BCUT2D eigenvalue weighted by molar-refractivity contribution is 0.0693. The summed E-state index contributed by atoms with van der Waals surface area (Å²) in [6.07, 6.45) is 0.892. The Bertz CT molecular complexity index is 677. The van der Waals surface area contributed by atoms with E-state index in [0.717, 1.165) is 28.5 Å². The number of hydrogen-bond donors (Lipinski definition) is 1. The molecule has 0 radical (unpaired) electrons. The van der Waals surface area contributed by atoms with Crippen molar-refractivity contribution in [2.24, 2.45) is 0 Å². The topological polar surface area (TPSA) is 55.1 Å². The summed E-state index contributed by atoms with van der Waals surface area (Å²) in [5.41, 5.74) is 4.12. The van der Waals surface area contributed by atoms with Crippen molar-refractivity contribution in [3.05, 3.63) is 40.7 Å². The maximum atomic E-state index is 11.7. The Kier molecular flexibility index (Phi) is 4.73. The standard InChI is InChI=1S/C16H20N2O2S/c1-5-12-10(3)17-18(11(12)4)13-8-7-9-14(21-6-2)15(13)16(19)20/h7-9H,5-6H2,1-4H3,(H,19,20). The third-order valence-electron chi connectivity index (χ3n) is 3.54. The van der Waals surface area contributed by atoms with Gasteiger partial charge in [-0.3, -0.25) is 0 Å². The van der Waals surface area contributed by atoms with Crippen LogP contribution in [0.3, 0.4) is 0 Å². The number of benzene rings is 1. The van der Waals surface area contributed by atoms with Crippen LogP contribution >= 0.6 is 11.8 Å². The van der Waals surface area contributed by atoms with Gasteiger partial charge in [-0.05, 0) is 43.7 Å². The predicted molar refractivity (Wildman–Crippen MR) is 85.8 cm³/mol. The summed E-state index contributed by atoms with van der Waals surface area (Å²) >= 11 is 1.54. The van der Waals surface area contributed by atoms with E-state index in [1.807, 2.05) is 39.0 Å². The van der Waals surface area contributed by atoms with Crippen molar-refractivity contribution in [1.29, 1.82) is 0 Å². The highest BCUT2D eigenvalue weighted by Crippen LogP contribution is 2.29. The van der Waals surface area contributed by atoms with Crippen LogP contribution < -0.4 is 0 Å². The number of hydrogen-bond acceptors (Lipinski definition) is 3. The number of carbonyl (C=O) groups is 1. The van der Waals surface area contributed by atoms with Gasteiger partial charge in [0.05, 0.1) is 16.9 Å². The molecule has 0 saturated carbocycles. The van der Waals surface area contributed by atoms with Crippen molar-refractivity contribution in [2.75, 3.05) is 5.75 Å². The van der Waals surface area contributed by atoms with Crippen molar-refractivity contribution in [2.45, 2.75) is 39.0 Å². The van der Waals surface area contributed by atoms with Crippen LogP contribution in [-0.2, 0) is 6.42 Å². The van der Waals surface area contributed by atoms with E-state index in [9.17, 15) is 9.90 Å². The zero-order valence-electron chi connectivity index (χ0n) is 12.8. The fourth-order valence-corrected chi connectivity index (χ4v) is 3.43. The molecule has 4 nitrogen and oxygen atoms in total. The van der Waals surface area contributed by atoms with Gasteiger partial charge in [0.1, 0.15) is 0 Å². The molecule has 2 rings (SSSR count). The lowest BCUT2D eigenvalue weighted by Gasteiger charge is -2.12. The molecular formula is C16H20N2O2S. The summed E-state index contributed by atoms with van der Waals surface area (Å²) in [6, 6.07) is 5.57. The summed E-state index contributed by atoms with van der Waals surface area (Å²) in [6.45, 7) is 8.06. The second-order valence-corrected chi connectivity index (χ2v) is 6.11. The Morgan fingerprint density at radius 3 is 2.57 bits per heavy atom. The van der Waals surface area contributed by atoms with E-state index in [0.29, 0.717) is 11.3 Å². The Hall–Kier alpha value is -1.75. The molecule has 0 aliphatic rings. The summed E-state index contributed by atoms with van der Waals surface area (Å²) in [5, 5.41) is 14.1. The lowest BCUT2D eigenvalue weighted by Crippen LogP contribution is -2.09. The van der Waals surface area contributed by atoms with Crippen LogP contribution in [0, 0.1) is 13.8 Å². The zero-order chi connectivity index (χ0) is 15.6. The van der Waals surface area contributed by atoms with Crippen molar-refractivity contribution < 1.29 is 9.90 Å². The first-order chi connectivity index (χ1) is 10.0. The van der Waals surface area contributed by atoms with Crippen molar-refractivity contribution in [3.8, 4) is 5.69 Å². The molecule has 21 heavy (non-hydrogen) atoms. The molecule has 0 unspecified atom stereocenters. The Labute approximate surface area is 129 Å². The van der Waals surface area contributed by atoms with Crippen LogP contribution in [0.2, 0.25) is 0 Å². The molecule has 0 atom stereocenters. The van der Waals surface area contributed by atoms with Gasteiger partial charge in [0.15, 0.2) is 0 Å². The molecule has 112 valence electrons. The molecule has 1 heterocycles. The van der Waals surface area contributed by atoms with Crippen molar-refractivity contribution in [3.63, 3.8) is 0 Å². The molecule has 0 aliphatic heterocycles. The molecule has 0 amide bonds. The smallest absolute Gasteiger partial charge is 0.339 e. The normalized spacial score (nSPS) is 10.9. The average Bonchev–Trinajstić information content (AvgIpc) is 2.73. The average molecular weight is 304 g/mol. The van der Waals surface area contributed by atoms with Gasteiger partial charge in [0, 0.05) is 10.6 Å².